The van der Waals surface area contributed by atoms with E-state index in [2.05, 4.69) is 36.7 Å². The lowest BCUT2D eigenvalue weighted by Gasteiger charge is -2.13. The minimum Gasteiger partial charge on any atom is -0.469 e. The lowest BCUT2D eigenvalue weighted by Crippen LogP contribution is -2.03. The second-order valence-corrected chi connectivity index (χ2v) is 8.78. The molecule has 31 heavy (non-hydrogen) atoms. The number of aromatic nitrogens is 3. The van der Waals surface area contributed by atoms with Crippen LogP contribution in [0.5, 0.6) is 0 Å². The van der Waals surface area contributed by atoms with Crippen LogP contribution in [-0.2, 0) is 12.3 Å². The fourth-order valence-electron chi connectivity index (χ4n) is 3.78. The minimum absolute atomic E-state index is 0.345. The molecule has 160 valence electrons. The highest BCUT2D eigenvalue weighted by molar-refractivity contribution is 7.98. The van der Waals surface area contributed by atoms with Crippen LogP contribution in [0.2, 0.25) is 0 Å². The molecule has 0 amide bonds. The first-order valence-corrected chi connectivity index (χ1v) is 11.2. The van der Waals surface area contributed by atoms with Crippen LogP contribution < -0.4 is 5.63 Å². The molecule has 0 bridgehead atoms. The molecule has 3 heterocycles. The Balaban J connectivity index is 1.72. The topological polar surface area (TPSA) is 74.1 Å². The van der Waals surface area contributed by atoms with E-state index in [-0.39, 0.29) is 5.63 Å². The maximum Gasteiger partial charge on any atom is 0.336 e. The van der Waals surface area contributed by atoms with E-state index >= 15 is 0 Å². The third kappa shape index (κ3) is 4.10. The zero-order chi connectivity index (χ0) is 22.1. The van der Waals surface area contributed by atoms with E-state index in [4.69, 9.17) is 8.83 Å². The SMILES string of the molecule is C=CCn1c(SCc2cc(=O)oc3cc(C)c(C(C)C)cc23)nnc1-c1ccoc1C. The molecule has 1 aromatic carbocycles. The van der Waals surface area contributed by atoms with Gasteiger partial charge >= 0.3 is 5.63 Å². The molecule has 0 aliphatic rings. The van der Waals surface area contributed by atoms with Crippen LogP contribution >= 0.6 is 11.8 Å². The van der Waals surface area contributed by atoms with Gasteiger partial charge in [0.2, 0.25) is 0 Å². The first-order valence-electron chi connectivity index (χ1n) is 10.2. The largest absolute Gasteiger partial charge is 0.469 e. The molecular weight excluding hydrogens is 410 g/mol. The second-order valence-electron chi connectivity index (χ2n) is 7.83. The van der Waals surface area contributed by atoms with Gasteiger partial charge in [-0.1, -0.05) is 31.7 Å². The van der Waals surface area contributed by atoms with E-state index in [0.717, 1.165) is 38.8 Å². The Kier molecular flexibility index (Phi) is 5.87. The molecule has 0 fully saturated rings. The summed E-state index contributed by atoms with van der Waals surface area (Å²) in [6.45, 7) is 12.7. The molecule has 0 aliphatic carbocycles. The number of fused-ring (bicyclic) bond motifs is 1. The highest BCUT2D eigenvalue weighted by atomic mass is 32.2. The van der Waals surface area contributed by atoms with Crippen molar-refractivity contribution in [2.24, 2.45) is 0 Å². The average molecular weight is 436 g/mol. The summed E-state index contributed by atoms with van der Waals surface area (Å²) in [5.41, 5.74) is 4.48. The molecule has 3 aromatic heterocycles. The molecule has 0 saturated carbocycles. The Labute approximate surface area is 185 Å². The zero-order valence-corrected chi connectivity index (χ0v) is 19.0. The third-order valence-electron chi connectivity index (χ3n) is 5.32. The van der Waals surface area contributed by atoms with Crippen molar-refractivity contribution in [3.05, 3.63) is 76.1 Å². The van der Waals surface area contributed by atoms with Crippen molar-refractivity contribution in [1.29, 1.82) is 0 Å². The third-order valence-corrected chi connectivity index (χ3v) is 6.34. The maximum atomic E-state index is 12.2. The van der Waals surface area contributed by atoms with Crippen LogP contribution in [0, 0.1) is 13.8 Å². The number of benzene rings is 1. The highest BCUT2D eigenvalue weighted by Gasteiger charge is 2.18. The molecule has 0 radical (unpaired) electrons. The van der Waals surface area contributed by atoms with Crippen LogP contribution in [-0.4, -0.2) is 14.8 Å². The second kappa shape index (κ2) is 8.59. The fraction of sp³-hybridized carbons (Fsp3) is 0.292. The zero-order valence-electron chi connectivity index (χ0n) is 18.1. The standard InChI is InChI=1S/C24H25N3O3S/c1-6-8-27-23(18-7-9-29-16(18)5)25-26-24(27)31-13-17-11-22(28)30-21-10-15(4)19(14(2)3)12-20(17)21/h6-7,9-12,14H,1,8,13H2,2-5H3. The molecule has 4 aromatic rings. The van der Waals surface area contributed by atoms with Gasteiger partial charge < -0.3 is 8.83 Å². The Morgan fingerprint density at radius 1 is 1.23 bits per heavy atom. The Bertz CT molecular complexity index is 1310. The summed E-state index contributed by atoms with van der Waals surface area (Å²) in [7, 11) is 0. The van der Waals surface area contributed by atoms with E-state index in [0.29, 0.717) is 23.8 Å². The van der Waals surface area contributed by atoms with Crippen LogP contribution in [0.4, 0.5) is 0 Å². The van der Waals surface area contributed by atoms with Crippen molar-refractivity contribution in [2.45, 2.75) is 51.1 Å². The lowest BCUT2D eigenvalue weighted by molar-refractivity contribution is 0.534. The Hall–Kier alpha value is -3.06. The lowest BCUT2D eigenvalue weighted by atomic mass is 9.95. The number of rotatable bonds is 7. The number of hydrogen-bond donors (Lipinski definition) is 0. The summed E-state index contributed by atoms with van der Waals surface area (Å²) in [6.07, 6.45) is 3.46. The predicted molar refractivity (Wildman–Crippen MR) is 124 cm³/mol. The normalized spacial score (nSPS) is 11.5. The van der Waals surface area contributed by atoms with Crippen LogP contribution in [0.3, 0.4) is 0 Å². The Morgan fingerprint density at radius 2 is 2.03 bits per heavy atom. The number of aryl methyl sites for hydroxylation is 2. The van der Waals surface area contributed by atoms with Gasteiger partial charge in [-0.15, -0.1) is 16.8 Å². The van der Waals surface area contributed by atoms with Gasteiger partial charge in [0.15, 0.2) is 11.0 Å². The molecule has 7 heteroatoms. The number of furan rings is 1. The molecule has 0 saturated heterocycles. The van der Waals surface area contributed by atoms with E-state index in [1.807, 2.05) is 36.6 Å². The molecule has 0 unspecified atom stereocenters. The van der Waals surface area contributed by atoms with Gasteiger partial charge in [-0.2, -0.15) is 0 Å². The van der Waals surface area contributed by atoms with Gasteiger partial charge in [0.05, 0.1) is 11.8 Å². The van der Waals surface area contributed by atoms with Crippen molar-refractivity contribution < 1.29 is 8.83 Å². The number of hydrogen-bond acceptors (Lipinski definition) is 6. The molecular formula is C24H25N3O3S. The van der Waals surface area contributed by atoms with Gasteiger partial charge in [0, 0.05) is 23.8 Å². The maximum absolute atomic E-state index is 12.2. The number of thioether (sulfide) groups is 1. The first kappa shape index (κ1) is 21.2. The smallest absolute Gasteiger partial charge is 0.336 e. The predicted octanol–water partition coefficient (Wildman–Crippen LogP) is 5.86. The number of allylic oxidation sites excluding steroid dienone is 1. The van der Waals surface area contributed by atoms with Gasteiger partial charge in [0.1, 0.15) is 11.3 Å². The molecule has 0 aliphatic heterocycles. The van der Waals surface area contributed by atoms with E-state index in [9.17, 15) is 4.79 Å². The molecule has 0 N–H and O–H groups in total. The summed E-state index contributed by atoms with van der Waals surface area (Å²) in [5.74, 6) is 2.48. The average Bonchev–Trinajstić information content (AvgIpc) is 3.31. The van der Waals surface area contributed by atoms with Crippen molar-refractivity contribution in [1.82, 2.24) is 14.8 Å². The van der Waals surface area contributed by atoms with E-state index in [1.165, 1.54) is 17.3 Å². The number of nitrogens with zero attached hydrogens (tertiary/aromatic N) is 3. The van der Waals surface area contributed by atoms with Crippen molar-refractivity contribution >= 4 is 22.7 Å². The van der Waals surface area contributed by atoms with Gasteiger partial charge in [-0.3, -0.25) is 4.57 Å². The van der Waals surface area contributed by atoms with Crippen molar-refractivity contribution in [3.63, 3.8) is 0 Å². The highest BCUT2D eigenvalue weighted by Crippen LogP contribution is 2.32. The van der Waals surface area contributed by atoms with Crippen LogP contribution in [0.1, 0.15) is 42.2 Å². The summed E-state index contributed by atoms with van der Waals surface area (Å²) in [5, 5.41) is 10.5. The monoisotopic (exact) mass is 435 g/mol. The summed E-state index contributed by atoms with van der Waals surface area (Å²) >= 11 is 1.54. The molecule has 0 spiro atoms. The van der Waals surface area contributed by atoms with Crippen molar-refractivity contribution in [2.75, 3.05) is 0 Å². The quantitative estimate of drug-likeness (QED) is 0.206. The van der Waals surface area contributed by atoms with Gasteiger partial charge in [-0.05, 0) is 54.7 Å². The minimum atomic E-state index is -0.345. The Morgan fingerprint density at radius 3 is 2.71 bits per heavy atom. The van der Waals surface area contributed by atoms with E-state index < -0.39 is 0 Å². The fourth-order valence-corrected chi connectivity index (χ4v) is 4.72. The summed E-state index contributed by atoms with van der Waals surface area (Å²) in [6, 6.07) is 7.56. The van der Waals surface area contributed by atoms with Crippen LogP contribution in [0.15, 0.2) is 62.0 Å². The van der Waals surface area contributed by atoms with Gasteiger partial charge in [0.25, 0.3) is 0 Å². The van der Waals surface area contributed by atoms with Gasteiger partial charge in [-0.25, -0.2) is 4.79 Å². The molecule has 0 atom stereocenters. The van der Waals surface area contributed by atoms with E-state index in [1.54, 1.807) is 12.3 Å². The summed E-state index contributed by atoms with van der Waals surface area (Å²) < 4.78 is 12.9. The van der Waals surface area contributed by atoms with Crippen molar-refractivity contribution in [3.8, 4) is 11.4 Å². The first-order chi connectivity index (χ1) is 14.9. The summed E-state index contributed by atoms with van der Waals surface area (Å²) in [4.78, 5) is 12.2. The molecule has 4 rings (SSSR count). The van der Waals surface area contributed by atoms with Crippen LogP contribution in [0.25, 0.3) is 22.4 Å². The molecule has 6 nitrogen and oxygen atoms in total.